The summed E-state index contributed by atoms with van der Waals surface area (Å²) in [6.45, 7) is 20.1. The van der Waals surface area contributed by atoms with Crippen LogP contribution in [0.15, 0.2) is 54.6 Å². The Labute approximate surface area is 182 Å². The van der Waals surface area contributed by atoms with Crippen LogP contribution in [-0.4, -0.2) is 19.3 Å². The first-order valence-electron chi connectivity index (χ1n) is 10.3. The molecule has 0 bridgehead atoms. The molecule has 0 aromatic heterocycles. The quantitative estimate of drug-likeness (QED) is 0.536. The number of hydrogen-bond donors (Lipinski definition) is 1. The second-order valence-corrected chi connectivity index (χ2v) is 16.4. The molecule has 0 amide bonds. The largest absolute Gasteiger partial charge is 0.242 e. The Morgan fingerprint density at radius 2 is 1.24 bits per heavy atom. The van der Waals surface area contributed by atoms with E-state index in [9.17, 15) is 4.21 Å². The van der Waals surface area contributed by atoms with Gasteiger partial charge in [0.2, 0.25) is 0 Å². The molecule has 0 saturated carbocycles. The Kier molecular flexibility index (Phi) is 7.53. The zero-order valence-corrected chi connectivity index (χ0v) is 21.2. The maximum absolute atomic E-state index is 13.1. The molecule has 2 rings (SSSR count). The molecule has 0 aliphatic rings. The summed E-state index contributed by atoms with van der Waals surface area (Å²) in [6, 6.07) is 19.1. The Bertz CT molecular complexity index is 814. The van der Waals surface area contributed by atoms with Gasteiger partial charge in [0.1, 0.15) is 0 Å². The van der Waals surface area contributed by atoms with Gasteiger partial charge in [-0.1, -0.05) is 104 Å². The maximum Gasteiger partial charge on any atom is 0.0979 e. The molecule has 160 valence electrons. The third-order valence-corrected chi connectivity index (χ3v) is 9.88. The van der Waals surface area contributed by atoms with Crippen molar-refractivity contribution >= 4 is 24.2 Å². The van der Waals surface area contributed by atoms with Gasteiger partial charge in [0.05, 0.1) is 21.8 Å². The van der Waals surface area contributed by atoms with Crippen molar-refractivity contribution in [3.8, 4) is 0 Å². The lowest BCUT2D eigenvalue weighted by atomic mass is 10.00. The van der Waals surface area contributed by atoms with Crippen molar-refractivity contribution in [1.29, 1.82) is 0 Å². The monoisotopic (exact) mass is 431 g/mol. The molecular weight excluding hydrogens is 393 g/mol. The number of nitrogens with one attached hydrogen (secondary N) is 1. The molecule has 0 radical (unpaired) electrons. The van der Waals surface area contributed by atoms with Crippen LogP contribution in [0, 0.1) is 0 Å². The standard InChI is InChI=1S/C25H38NOPS/c1-23(2,3)28(24(4,5)6)21-18-14-13-17-20(21)22(19-15-11-10-12-16-19)26-29(27)25(7,8)9/h10-18,22,26H,1-9H3/t22-,29+/m0/s1. The van der Waals surface area contributed by atoms with Crippen LogP contribution in [0.5, 0.6) is 0 Å². The summed E-state index contributed by atoms with van der Waals surface area (Å²) in [5.41, 5.74) is 2.39. The van der Waals surface area contributed by atoms with E-state index in [1.54, 1.807) is 0 Å². The molecule has 1 N–H and O–H groups in total. The maximum atomic E-state index is 13.1. The summed E-state index contributed by atoms with van der Waals surface area (Å²) in [6.07, 6.45) is 0. The van der Waals surface area contributed by atoms with Crippen molar-refractivity contribution in [1.82, 2.24) is 4.72 Å². The predicted molar refractivity (Wildman–Crippen MR) is 132 cm³/mol. The van der Waals surface area contributed by atoms with Crippen LogP contribution in [0.1, 0.15) is 79.5 Å². The first-order valence-corrected chi connectivity index (χ1v) is 12.8. The molecule has 29 heavy (non-hydrogen) atoms. The van der Waals surface area contributed by atoms with Gasteiger partial charge in [0.25, 0.3) is 0 Å². The van der Waals surface area contributed by atoms with Gasteiger partial charge in [0.15, 0.2) is 0 Å². The minimum atomic E-state index is -1.17. The smallest absolute Gasteiger partial charge is 0.0979 e. The third kappa shape index (κ3) is 6.23. The summed E-state index contributed by atoms with van der Waals surface area (Å²) in [5, 5.41) is 1.72. The number of benzene rings is 2. The lowest BCUT2D eigenvalue weighted by Gasteiger charge is -2.43. The van der Waals surface area contributed by atoms with Crippen LogP contribution in [0.3, 0.4) is 0 Å². The van der Waals surface area contributed by atoms with Crippen LogP contribution >= 0.6 is 7.92 Å². The van der Waals surface area contributed by atoms with Crippen molar-refractivity contribution in [2.45, 2.75) is 83.4 Å². The molecule has 0 unspecified atom stereocenters. The lowest BCUT2D eigenvalue weighted by Crippen LogP contribution is -2.39. The second kappa shape index (κ2) is 9.00. The average Bonchev–Trinajstić information content (AvgIpc) is 2.57. The van der Waals surface area contributed by atoms with E-state index >= 15 is 0 Å². The number of hydrogen-bond acceptors (Lipinski definition) is 1. The summed E-state index contributed by atoms with van der Waals surface area (Å²) < 4.78 is 16.2. The lowest BCUT2D eigenvalue weighted by molar-refractivity contribution is 0.624. The molecule has 2 nitrogen and oxygen atoms in total. The van der Waals surface area contributed by atoms with Gasteiger partial charge in [-0.3, -0.25) is 0 Å². The minimum absolute atomic E-state index is 0.109. The van der Waals surface area contributed by atoms with E-state index in [1.807, 2.05) is 26.8 Å². The normalized spacial score (nSPS) is 15.4. The van der Waals surface area contributed by atoms with Crippen molar-refractivity contribution < 1.29 is 4.21 Å². The zero-order chi connectivity index (χ0) is 22.0. The predicted octanol–water partition coefficient (Wildman–Crippen LogP) is 6.53. The molecule has 0 spiro atoms. The van der Waals surface area contributed by atoms with Gasteiger partial charge in [-0.25, -0.2) is 8.93 Å². The van der Waals surface area contributed by atoms with E-state index in [0.29, 0.717) is 0 Å². The van der Waals surface area contributed by atoms with Gasteiger partial charge < -0.3 is 0 Å². The summed E-state index contributed by atoms with van der Waals surface area (Å²) >= 11 is 0. The van der Waals surface area contributed by atoms with Crippen molar-refractivity contribution in [3.63, 3.8) is 0 Å². The fourth-order valence-corrected chi connectivity index (χ4v) is 8.89. The summed E-state index contributed by atoms with van der Waals surface area (Å²) in [5.74, 6) is 0. The molecule has 2 atom stereocenters. The topological polar surface area (TPSA) is 29.1 Å². The number of rotatable bonds is 5. The van der Waals surface area contributed by atoms with Crippen LogP contribution < -0.4 is 10.0 Å². The molecule has 2 aromatic carbocycles. The van der Waals surface area contributed by atoms with Gasteiger partial charge in [-0.05, 0) is 47.5 Å². The fraction of sp³-hybridized carbons (Fsp3) is 0.520. The van der Waals surface area contributed by atoms with Crippen LogP contribution in [0.25, 0.3) is 0 Å². The van der Waals surface area contributed by atoms with Crippen molar-refractivity contribution in [2.24, 2.45) is 0 Å². The average molecular weight is 432 g/mol. The highest BCUT2D eigenvalue weighted by atomic mass is 32.2. The minimum Gasteiger partial charge on any atom is -0.242 e. The first-order chi connectivity index (χ1) is 13.2. The Morgan fingerprint density at radius 3 is 1.72 bits per heavy atom. The highest BCUT2D eigenvalue weighted by Gasteiger charge is 2.38. The first kappa shape index (κ1) is 24.3. The van der Waals surface area contributed by atoms with E-state index in [2.05, 4.69) is 94.8 Å². The fourth-order valence-electron chi connectivity index (χ4n) is 3.90. The van der Waals surface area contributed by atoms with Gasteiger partial charge >= 0.3 is 0 Å². The highest BCUT2D eigenvalue weighted by molar-refractivity contribution is 7.84. The molecular formula is C25H38NOPS. The molecule has 0 saturated heterocycles. The van der Waals surface area contributed by atoms with E-state index in [0.717, 1.165) is 5.56 Å². The third-order valence-electron chi connectivity index (χ3n) is 4.74. The SMILES string of the molecule is CC(C)(C)P(c1ccccc1[C@@H](N[S@](=O)C(C)(C)C)c1ccccc1)C(C)(C)C. The molecule has 0 heterocycles. The summed E-state index contributed by atoms with van der Waals surface area (Å²) in [4.78, 5) is 0. The van der Waals surface area contributed by atoms with Crippen LogP contribution in [0.2, 0.25) is 0 Å². The molecule has 0 aliphatic carbocycles. The molecule has 0 fully saturated rings. The zero-order valence-electron chi connectivity index (χ0n) is 19.5. The van der Waals surface area contributed by atoms with E-state index in [1.165, 1.54) is 10.9 Å². The van der Waals surface area contributed by atoms with Crippen molar-refractivity contribution in [2.75, 3.05) is 0 Å². The van der Waals surface area contributed by atoms with E-state index < -0.39 is 18.9 Å². The second-order valence-electron chi connectivity index (χ2n) is 10.6. The van der Waals surface area contributed by atoms with Crippen LogP contribution in [-0.2, 0) is 11.0 Å². The van der Waals surface area contributed by atoms with E-state index in [4.69, 9.17) is 0 Å². The van der Waals surface area contributed by atoms with Crippen LogP contribution in [0.4, 0.5) is 0 Å². The molecule has 2 aromatic rings. The Morgan fingerprint density at radius 1 is 0.759 bits per heavy atom. The summed E-state index contributed by atoms with van der Waals surface area (Å²) in [7, 11) is -1.65. The highest BCUT2D eigenvalue weighted by Crippen LogP contribution is 2.59. The molecule has 0 aliphatic heterocycles. The van der Waals surface area contributed by atoms with Gasteiger partial charge in [0, 0.05) is 0 Å². The molecule has 4 heteroatoms. The Balaban J connectivity index is 2.68. The Hall–Kier alpha value is -1.02. The van der Waals surface area contributed by atoms with Gasteiger partial charge in [-0.2, -0.15) is 0 Å². The van der Waals surface area contributed by atoms with Crippen molar-refractivity contribution in [3.05, 3.63) is 65.7 Å². The van der Waals surface area contributed by atoms with Gasteiger partial charge in [-0.15, -0.1) is 0 Å². The van der Waals surface area contributed by atoms with E-state index in [-0.39, 0.29) is 21.1 Å².